The molecule has 2 N–H and O–H groups in total. The third-order valence-electron chi connectivity index (χ3n) is 5.49. The molecule has 0 bridgehead atoms. The highest BCUT2D eigenvalue weighted by atomic mass is 16.3. The Kier molecular flexibility index (Phi) is 5.18. The van der Waals surface area contributed by atoms with Gasteiger partial charge in [-0.1, -0.05) is 38.1 Å². The van der Waals surface area contributed by atoms with Gasteiger partial charge in [-0.15, -0.1) is 0 Å². The van der Waals surface area contributed by atoms with E-state index in [4.69, 9.17) is 4.42 Å². The molecular weight excluding hydrogens is 364 g/mol. The number of benzene rings is 1. The molecule has 0 fully saturated rings. The summed E-state index contributed by atoms with van der Waals surface area (Å²) in [5, 5.41) is 10.4. The van der Waals surface area contributed by atoms with Crippen LogP contribution in [0, 0.1) is 12.3 Å². The lowest BCUT2D eigenvalue weighted by molar-refractivity contribution is 0.214. The lowest BCUT2D eigenvalue weighted by atomic mass is 9.75. The zero-order valence-corrected chi connectivity index (χ0v) is 17.2. The van der Waals surface area contributed by atoms with E-state index in [1.165, 1.54) is 0 Å². The Hall–Kier alpha value is -3.02. The first-order valence-electron chi connectivity index (χ1n) is 10.1. The van der Waals surface area contributed by atoms with E-state index in [-0.39, 0.29) is 17.5 Å². The number of carbonyl (C=O) groups excluding carboxylic acids is 1. The molecule has 1 aromatic carbocycles. The van der Waals surface area contributed by atoms with Gasteiger partial charge in [0.15, 0.2) is 0 Å². The summed E-state index contributed by atoms with van der Waals surface area (Å²) in [5.74, 6) is 1.89. The van der Waals surface area contributed by atoms with Crippen molar-refractivity contribution in [3.63, 3.8) is 0 Å². The number of amides is 2. The standard InChI is InChI=1S/C23H28N4O2/c1-16-11-19-20(12-23(2,3)13-21(19)29-16)26-22(28)24-14-17-7-4-5-8-18(17)15-27-10-6-9-25-27/h4-11,20H,12-15H2,1-3H3,(H2,24,26,28). The van der Waals surface area contributed by atoms with E-state index in [1.807, 2.05) is 42.1 Å². The Bertz CT molecular complexity index is 988. The maximum absolute atomic E-state index is 12.7. The molecule has 152 valence electrons. The van der Waals surface area contributed by atoms with Gasteiger partial charge in [0.1, 0.15) is 11.5 Å². The Morgan fingerprint density at radius 2 is 2.07 bits per heavy atom. The first-order valence-corrected chi connectivity index (χ1v) is 10.1. The van der Waals surface area contributed by atoms with Gasteiger partial charge >= 0.3 is 6.03 Å². The molecule has 2 heterocycles. The third kappa shape index (κ3) is 4.53. The van der Waals surface area contributed by atoms with Crippen molar-refractivity contribution >= 4 is 6.03 Å². The number of aromatic nitrogens is 2. The van der Waals surface area contributed by atoms with Gasteiger partial charge in [-0.3, -0.25) is 4.68 Å². The van der Waals surface area contributed by atoms with Gasteiger partial charge in [0.05, 0.1) is 12.6 Å². The minimum absolute atomic E-state index is 0.0366. The van der Waals surface area contributed by atoms with E-state index in [0.29, 0.717) is 13.1 Å². The fourth-order valence-electron chi connectivity index (χ4n) is 4.15. The van der Waals surface area contributed by atoms with Crippen LogP contribution in [-0.4, -0.2) is 15.8 Å². The Balaban J connectivity index is 1.41. The second-order valence-electron chi connectivity index (χ2n) is 8.63. The normalized spacial score (nSPS) is 17.6. The number of nitrogens with one attached hydrogen (secondary N) is 2. The predicted molar refractivity (Wildman–Crippen MR) is 111 cm³/mol. The molecule has 1 unspecified atom stereocenters. The molecule has 0 spiro atoms. The molecule has 2 aromatic heterocycles. The van der Waals surface area contributed by atoms with E-state index in [2.05, 4.69) is 41.7 Å². The summed E-state index contributed by atoms with van der Waals surface area (Å²) in [6.07, 6.45) is 5.50. The summed E-state index contributed by atoms with van der Waals surface area (Å²) in [6, 6.07) is 11.9. The number of nitrogens with zero attached hydrogens (tertiary/aromatic N) is 2. The summed E-state index contributed by atoms with van der Waals surface area (Å²) >= 11 is 0. The SMILES string of the molecule is Cc1cc2c(o1)CC(C)(C)CC2NC(=O)NCc1ccccc1Cn1cccn1. The van der Waals surface area contributed by atoms with Gasteiger partial charge in [0.25, 0.3) is 0 Å². The molecule has 6 nitrogen and oxygen atoms in total. The number of hydrogen-bond acceptors (Lipinski definition) is 3. The van der Waals surface area contributed by atoms with Crippen molar-refractivity contribution in [2.75, 3.05) is 0 Å². The van der Waals surface area contributed by atoms with Gasteiger partial charge in [0.2, 0.25) is 0 Å². The molecule has 1 atom stereocenters. The van der Waals surface area contributed by atoms with Crippen LogP contribution in [0.25, 0.3) is 0 Å². The molecule has 3 aromatic rings. The van der Waals surface area contributed by atoms with Crippen molar-refractivity contribution in [1.82, 2.24) is 20.4 Å². The monoisotopic (exact) mass is 392 g/mol. The number of rotatable bonds is 5. The number of urea groups is 1. The van der Waals surface area contributed by atoms with Crippen molar-refractivity contribution in [1.29, 1.82) is 0 Å². The van der Waals surface area contributed by atoms with Crippen molar-refractivity contribution in [3.8, 4) is 0 Å². The van der Waals surface area contributed by atoms with Crippen molar-refractivity contribution in [2.45, 2.75) is 52.7 Å². The molecule has 6 heteroatoms. The van der Waals surface area contributed by atoms with Crippen LogP contribution in [-0.2, 0) is 19.5 Å². The van der Waals surface area contributed by atoms with Crippen LogP contribution in [0.1, 0.15) is 54.5 Å². The maximum atomic E-state index is 12.7. The van der Waals surface area contributed by atoms with Gasteiger partial charge in [-0.05, 0) is 42.0 Å². The van der Waals surface area contributed by atoms with E-state index in [9.17, 15) is 4.79 Å². The predicted octanol–water partition coefficient (Wildman–Crippen LogP) is 4.35. The van der Waals surface area contributed by atoms with Crippen molar-refractivity contribution in [3.05, 3.63) is 77.0 Å². The summed E-state index contributed by atoms with van der Waals surface area (Å²) < 4.78 is 7.75. The third-order valence-corrected chi connectivity index (χ3v) is 5.49. The molecule has 29 heavy (non-hydrogen) atoms. The number of carbonyl (C=O) groups is 1. The summed E-state index contributed by atoms with van der Waals surface area (Å²) in [4.78, 5) is 12.7. The minimum Gasteiger partial charge on any atom is -0.466 e. The molecule has 0 saturated carbocycles. The van der Waals surface area contributed by atoms with Crippen LogP contribution >= 0.6 is 0 Å². The van der Waals surface area contributed by atoms with Crippen LogP contribution in [0.2, 0.25) is 0 Å². The number of aryl methyl sites for hydroxylation is 1. The summed E-state index contributed by atoms with van der Waals surface area (Å²) in [5.41, 5.74) is 3.42. The van der Waals surface area contributed by atoms with Gasteiger partial charge in [0, 0.05) is 30.9 Å². The Morgan fingerprint density at radius 1 is 1.28 bits per heavy atom. The van der Waals surface area contributed by atoms with Gasteiger partial charge in [-0.2, -0.15) is 5.10 Å². The fourth-order valence-corrected chi connectivity index (χ4v) is 4.15. The zero-order valence-electron chi connectivity index (χ0n) is 17.2. The average Bonchev–Trinajstić information content (AvgIpc) is 3.29. The highest BCUT2D eigenvalue weighted by Crippen LogP contribution is 2.41. The molecule has 2 amide bonds. The number of furan rings is 1. The largest absolute Gasteiger partial charge is 0.466 e. The lowest BCUT2D eigenvalue weighted by Gasteiger charge is -2.34. The van der Waals surface area contributed by atoms with Gasteiger partial charge in [-0.25, -0.2) is 4.79 Å². The first-order chi connectivity index (χ1) is 13.9. The highest BCUT2D eigenvalue weighted by Gasteiger charge is 2.35. The van der Waals surface area contributed by atoms with Crippen LogP contribution < -0.4 is 10.6 Å². The van der Waals surface area contributed by atoms with Crippen molar-refractivity contribution < 1.29 is 9.21 Å². The quantitative estimate of drug-likeness (QED) is 0.678. The molecule has 0 saturated heterocycles. The maximum Gasteiger partial charge on any atom is 0.315 e. The summed E-state index contributed by atoms with van der Waals surface area (Å²) in [6.45, 7) is 7.54. The molecule has 0 aliphatic heterocycles. The molecule has 4 rings (SSSR count). The topological polar surface area (TPSA) is 72.1 Å². The fraction of sp³-hybridized carbons (Fsp3) is 0.391. The molecule has 1 aliphatic rings. The Labute approximate surface area is 171 Å². The second kappa shape index (κ2) is 7.78. The summed E-state index contributed by atoms with van der Waals surface area (Å²) in [7, 11) is 0. The van der Waals surface area contributed by atoms with Crippen LogP contribution in [0.15, 0.2) is 53.2 Å². The smallest absolute Gasteiger partial charge is 0.315 e. The zero-order chi connectivity index (χ0) is 20.4. The van der Waals surface area contributed by atoms with Crippen LogP contribution in [0.4, 0.5) is 4.79 Å². The average molecular weight is 393 g/mol. The van der Waals surface area contributed by atoms with Crippen LogP contribution in [0.5, 0.6) is 0 Å². The van der Waals surface area contributed by atoms with E-state index < -0.39 is 0 Å². The lowest BCUT2D eigenvalue weighted by Crippen LogP contribution is -2.41. The molecule has 1 aliphatic carbocycles. The minimum atomic E-state index is -0.161. The van der Waals surface area contributed by atoms with Crippen LogP contribution in [0.3, 0.4) is 0 Å². The highest BCUT2D eigenvalue weighted by molar-refractivity contribution is 5.74. The Morgan fingerprint density at radius 3 is 2.83 bits per heavy atom. The van der Waals surface area contributed by atoms with Crippen molar-refractivity contribution in [2.24, 2.45) is 5.41 Å². The first kappa shape index (κ1) is 19.3. The number of hydrogen-bond donors (Lipinski definition) is 2. The van der Waals surface area contributed by atoms with E-state index in [0.717, 1.165) is 41.1 Å². The molecule has 0 radical (unpaired) electrons. The second-order valence-corrected chi connectivity index (χ2v) is 8.63. The van der Waals surface area contributed by atoms with E-state index in [1.54, 1.807) is 6.20 Å². The number of fused-ring (bicyclic) bond motifs is 1. The van der Waals surface area contributed by atoms with E-state index >= 15 is 0 Å². The van der Waals surface area contributed by atoms with Gasteiger partial charge < -0.3 is 15.1 Å². The molecular formula is C23H28N4O2.